The van der Waals surface area contributed by atoms with E-state index in [0.717, 1.165) is 28.6 Å². The van der Waals surface area contributed by atoms with Gasteiger partial charge in [-0.05, 0) is 60.9 Å². The van der Waals surface area contributed by atoms with Crippen LogP contribution in [0.2, 0.25) is 0 Å². The van der Waals surface area contributed by atoms with E-state index >= 15 is 0 Å². The zero-order chi connectivity index (χ0) is 20.2. The van der Waals surface area contributed by atoms with Crippen molar-refractivity contribution >= 4 is 22.7 Å². The van der Waals surface area contributed by atoms with Crippen molar-refractivity contribution in [3.05, 3.63) is 77.9 Å². The molecule has 1 N–H and O–H groups in total. The van der Waals surface area contributed by atoms with E-state index in [1.165, 1.54) is 5.56 Å². The van der Waals surface area contributed by atoms with E-state index in [2.05, 4.69) is 17.2 Å². The number of carbonyl (C=O) groups is 1. The molecule has 0 spiro atoms. The Morgan fingerprint density at radius 1 is 1.07 bits per heavy atom. The van der Waals surface area contributed by atoms with E-state index in [4.69, 9.17) is 9.15 Å². The molecule has 0 aliphatic carbocycles. The standard InChI is InChI=1S/C24H22N2O3/c1-3-17-11-12-22-20(13-17)26-24(29-22)18-8-6-9-19(14-18)25-23(27)15-28-21-10-5-4-7-16(21)2/h4-14H,3,15H2,1-2H3,(H,25,27). The SMILES string of the molecule is CCc1ccc2oc(-c3cccc(NC(=O)COc4ccccc4C)c3)nc2c1. The highest BCUT2D eigenvalue weighted by Crippen LogP contribution is 2.27. The summed E-state index contributed by atoms with van der Waals surface area (Å²) in [7, 11) is 0. The number of hydrogen-bond donors (Lipinski definition) is 1. The summed E-state index contributed by atoms with van der Waals surface area (Å²) in [4.78, 5) is 16.9. The summed E-state index contributed by atoms with van der Waals surface area (Å²) in [6.45, 7) is 4.00. The molecule has 0 fully saturated rings. The van der Waals surface area contributed by atoms with Crippen LogP contribution < -0.4 is 10.1 Å². The smallest absolute Gasteiger partial charge is 0.262 e. The maximum absolute atomic E-state index is 12.3. The predicted molar refractivity (Wildman–Crippen MR) is 114 cm³/mol. The molecule has 3 aromatic carbocycles. The molecule has 1 amide bonds. The van der Waals surface area contributed by atoms with Crippen molar-refractivity contribution in [3.8, 4) is 17.2 Å². The average molecular weight is 386 g/mol. The van der Waals surface area contributed by atoms with Gasteiger partial charge in [0.05, 0.1) is 0 Å². The summed E-state index contributed by atoms with van der Waals surface area (Å²) >= 11 is 0. The summed E-state index contributed by atoms with van der Waals surface area (Å²) in [5.74, 6) is 1.00. The number of aromatic nitrogens is 1. The van der Waals surface area contributed by atoms with Crippen LogP contribution in [0.15, 0.2) is 71.1 Å². The highest BCUT2D eigenvalue weighted by molar-refractivity contribution is 5.92. The van der Waals surface area contributed by atoms with Crippen molar-refractivity contribution in [2.24, 2.45) is 0 Å². The number of nitrogens with one attached hydrogen (secondary N) is 1. The summed E-state index contributed by atoms with van der Waals surface area (Å²) < 4.78 is 11.5. The quantitative estimate of drug-likeness (QED) is 0.483. The minimum atomic E-state index is -0.226. The van der Waals surface area contributed by atoms with E-state index in [0.29, 0.717) is 17.3 Å². The molecule has 29 heavy (non-hydrogen) atoms. The number of nitrogens with zero attached hydrogens (tertiary/aromatic N) is 1. The van der Waals surface area contributed by atoms with E-state index in [9.17, 15) is 4.79 Å². The first kappa shape index (κ1) is 18.7. The maximum atomic E-state index is 12.3. The molecule has 146 valence electrons. The van der Waals surface area contributed by atoms with Crippen molar-refractivity contribution in [1.82, 2.24) is 4.98 Å². The van der Waals surface area contributed by atoms with Gasteiger partial charge < -0.3 is 14.5 Å². The topological polar surface area (TPSA) is 64.4 Å². The van der Waals surface area contributed by atoms with Crippen LogP contribution in [0.1, 0.15) is 18.1 Å². The van der Waals surface area contributed by atoms with Gasteiger partial charge in [0.1, 0.15) is 11.3 Å². The zero-order valence-corrected chi connectivity index (χ0v) is 16.4. The number of carbonyl (C=O) groups excluding carboxylic acids is 1. The van der Waals surface area contributed by atoms with Crippen molar-refractivity contribution in [2.45, 2.75) is 20.3 Å². The molecule has 0 atom stereocenters. The number of fused-ring (bicyclic) bond motifs is 1. The molecule has 0 aliphatic heterocycles. The fraction of sp³-hybridized carbons (Fsp3) is 0.167. The number of hydrogen-bond acceptors (Lipinski definition) is 4. The van der Waals surface area contributed by atoms with Crippen LogP contribution >= 0.6 is 0 Å². The van der Waals surface area contributed by atoms with Crippen LogP contribution in [0, 0.1) is 6.92 Å². The zero-order valence-electron chi connectivity index (χ0n) is 16.4. The van der Waals surface area contributed by atoms with Gasteiger partial charge in [-0.25, -0.2) is 4.98 Å². The third kappa shape index (κ3) is 4.29. The van der Waals surface area contributed by atoms with Gasteiger partial charge in [0.15, 0.2) is 12.2 Å². The van der Waals surface area contributed by atoms with E-state index in [-0.39, 0.29) is 12.5 Å². The van der Waals surface area contributed by atoms with E-state index in [1.54, 1.807) is 0 Å². The van der Waals surface area contributed by atoms with Crippen LogP contribution in [0.3, 0.4) is 0 Å². The number of benzene rings is 3. The fourth-order valence-corrected chi connectivity index (χ4v) is 3.11. The molecule has 1 heterocycles. The lowest BCUT2D eigenvalue weighted by Gasteiger charge is -2.09. The Hall–Kier alpha value is -3.60. The van der Waals surface area contributed by atoms with E-state index in [1.807, 2.05) is 73.7 Å². The average Bonchev–Trinajstić information content (AvgIpc) is 3.17. The molecule has 0 radical (unpaired) electrons. The Morgan fingerprint density at radius 3 is 2.76 bits per heavy atom. The number of rotatable bonds is 6. The first-order valence-electron chi connectivity index (χ1n) is 9.60. The highest BCUT2D eigenvalue weighted by Gasteiger charge is 2.11. The summed E-state index contributed by atoms with van der Waals surface area (Å²) in [6, 6.07) is 21.1. The van der Waals surface area contributed by atoms with Gasteiger partial charge >= 0.3 is 0 Å². The van der Waals surface area contributed by atoms with Crippen molar-refractivity contribution in [3.63, 3.8) is 0 Å². The Morgan fingerprint density at radius 2 is 1.93 bits per heavy atom. The van der Waals surface area contributed by atoms with Crippen LogP contribution in [0.5, 0.6) is 5.75 Å². The number of anilines is 1. The molecule has 0 saturated carbocycles. The van der Waals surface area contributed by atoms with E-state index < -0.39 is 0 Å². The molecule has 0 bridgehead atoms. The Kier molecular flexibility index (Phi) is 5.29. The largest absolute Gasteiger partial charge is 0.483 e. The lowest BCUT2D eigenvalue weighted by Crippen LogP contribution is -2.20. The van der Waals surface area contributed by atoms with Gasteiger partial charge in [-0.1, -0.05) is 37.3 Å². The van der Waals surface area contributed by atoms with Gasteiger partial charge in [-0.2, -0.15) is 0 Å². The monoisotopic (exact) mass is 386 g/mol. The predicted octanol–water partition coefficient (Wildman–Crippen LogP) is 5.38. The number of amides is 1. The van der Waals surface area contributed by atoms with Gasteiger partial charge in [-0.3, -0.25) is 4.79 Å². The van der Waals surface area contributed by atoms with Gasteiger partial charge in [-0.15, -0.1) is 0 Å². The molecule has 1 aromatic heterocycles. The summed E-state index contributed by atoms with van der Waals surface area (Å²) in [6.07, 6.45) is 0.949. The Balaban J connectivity index is 1.47. The third-order valence-corrected chi connectivity index (χ3v) is 4.71. The highest BCUT2D eigenvalue weighted by atomic mass is 16.5. The third-order valence-electron chi connectivity index (χ3n) is 4.71. The minimum Gasteiger partial charge on any atom is -0.483 e. The number of ether oxygens (including phenoxy) is 1. The second-order valence-electron chi connectivity index (χ2n) is 6.86. The molecule has 5 heteroatoms. The number of oxazole rings is 1. The second-order valence-corrected chi connectivity index (χ2v) is 6.86. The normalized spacial score (nSPS) is 10.8. The lowest BCUT2D eigenvalue weighted by atomic mass is 10.1. The molecule has 4 aromatic rings. The lowest BCUT2D eigenvalue weighted by molar-refractivity contribution is -0.118. The van der Waals surface area contributed by atoms with Crippen molar-refractivity contribution < 1.29 is 13.9 Å². The van der Waals surface area contributed by atoms with Gasteiger partial charge in [0.25, 0.3) is 5.91 Å². The Bertz CT molecular complexity index is 1160. The second kappa shape index (κ2) is 8.19. The van der Waals surface area contributed by atoms with Crippen LogP contribution in [-0.4, -0.2) is 17.5 Å². The molecule has 5 nitrogen and oxygen atoms in total. The molecular weight excluding hydrogens is 364 g/mol. The van der Waals surface area contributed by atoms with Crippen molar-refractivity contribution in [1.29, 1.82) is 0 Å². The molecule has 0 aliphatic rings. The van der Waals surface area contributed by atoms with Crippen LogP contribution in [0.4, 0.5) is 5.69 Å². The molecule has 0 saturated heterocycles. The molecule has 0 unspecified atom stereocenters. The van der Waals surface area contributed by atoms with Gasteiger partial charge in [0.2, 0.25) is 5.89 Å². The molecule has 4 rings (SSSR count). The maximum Gasteiger partial charge on any atom is 0.262 e. The summed E-state index contributed by atoms with van der Waals surface area (Å²) in [5.41, 5.74) is 5.25. The van der Waals surface area contributed by atoms with Crippen molar-refractivity contribution in [2.75, 3.05) is 11.9 Å². The minimum absolute atomic E-state index is 0.0578. The molecular formula is C24H22N2O3. The van der Waals surface area contributed by atoms with Crippen LogP contribution in [-0.2, 0) is 11.2 Å². The number of para-hydroxylation sites is 1. The summed E-state index contributed by atoms with van der Waals surface area (Å²) in [5, 5.41) is 2.86. The number of aryl methyl sites for hydroxylation is 2. The first-order chi connectivity index (χ1) is 14.1. The first-order valence-corrected chi connectivity index (χ1v) is 9.60. The van der Waals surface area contributed by atoms with Crippen LogP contribution in [0.25, 0.3) is 22.6 Å². The fourth-order valence-electron chi connectivity index (χ4n) is 3.11. The van der Waals surface area contributed by atoms with Gasteiger partial charge in [0, 0.05) is 11.3 Å². The Labute approximate surface area is 169 Å².